The molecule has 118 valence electrons. The number of halogens is 1. The number of carbonyl (C=O) groups excluding carboxylic acids is 1. The lowest BCUT2D eigenvalue weighted by atomic mass is 10.2. The molecule has 0 heterocycles. The third-order valence-electron chi connectivity index (χ3n) is 3.17. The largest absolute Gasteiger partial charge is 0.490 e. The third-order valence-corrected chi connectivity index (χ3v) is 3.17. The maximum absolute atomic E-state index is 13.4. The van der Waals surface area contributed by atoms with Crippen molar-refractivity contribution in [3.8, 4) is 5.75 Å². The Bertz CT molecular complexity index is 466. The fourth-order valence-corrected chi connectivity index (χ4v) is 1.86. The first-order valence-electron chi connectivity index (χ1n) is 6.94. The number of urea groups is 1. The van der Waals surface area contributed by atoms with Gasteiger partial charge in [0.25, 0.3) is 0 Å². The maximum atomic E-state index is 13.4. The molecule has 2 amide bonds. The SMILES string of the molecule is CCN(CC)CCOc1cc(F)ccc1N(N)C(=O)NC. The molecule has 0 spiro atoms. The van der Waals surface area contributed by atoms with Gasteiger partial charge in [0.05, 0.1) is 0 Å². The maximum Gasteiger partial charge on any atom is 0.336 e. The van der Waals surface area contributed by atoms with Crippen LogP contribution in [-0.4, -0.2) is 44.2 Å². The van der Waals surface area contributed by atoms with Crippen LogP contribution in [0, 0.1) is 5.82 Å². The summed E-state index contributed by atoms with van der Waals surface area (Å²) >= 11 is 0. The highest BCUT2D eigenvalue weighted by Gasteiger charge is 2.16. The summed E-state index contributed by atoms with van der Waals surface area (Å²) in [5.41, 5.74) is 0.315. The monoisotopic (exact) mass is 298 g/mol. The second-order valence-corrected chi connectivity index (χ2v) is 4.41. The third kappa shape index (κ3) is 4.87. The molecule has 1 rings (SSSR count). The quantitative estimate of drug-likeness (QED) is 0.455. The lowest BCUT2D eigenvalue weighted by molar-refractivity contribution is 0.222. The van der Waals surface area contributed by atoms with Crippen molar-refractivity contribution in [1.82, 2.24) is 10.2 Å². The van der Waals surface area contributed by atoms with Crippen LogP contribution >= 0.6 is 0 Å². The number of hydrogen-bond acceptors (Lipinski definition) is 4. The van der Waals surface area contributed by atoms with E-state index in [9.17, 15) is 9.18 Å². The molecule has 0 unspecified atom stereocenters. The highest BCUT2D eigenvalue weighted by molar-refractivity contribution is 5.92. The van der Waals surface area contributed by atoms with E-state index in [-0.39, 0.29) is 5.75 Å². The Morgan fingerprint density at radius 1 is 1.38 bits per heavy atom. The minimum atomic E-state index is -0.504. The van der Waals surface area contributed by atoms with Crippen LogP contribution in [0.1, 0.15) is 13.8 Å². The molecule has 1 aromatic rings. The van der Waals surface area contributed by atoms with Crippen molar-refractivity contribution in [3.05, 3.63) is 24.0 Å². The van der Waals surface area contributed by atoms with Crippen molar-refractivity contribution in [3.63, 3.8) is 0 Å². The van der Waals surface area contributed by atoms with E-state index in [4.69, 9.17) is 10.6 Å². The van der Waals surface area contributed by atoms with Gasteiger partial charge in [-0.1, -0.05) is 13.8 Å². The van der Waals surface area contributed by atoms with Gasteiger partial charge in [0.2, 0.25) is 0 Å². The summed E-state index contributed by atoms with van der Waals surface area (Å²) in [5.74, 6) is 5.49. The summed E-state index contributed by atoms with van der Waals surface area (Å²) < 4.78 is 18.9. The van der Waals surface area contributed by atoms with Crippen molar-refractivity contribution < 1.29 is 13.9 Å². The van der Waals surface area contributed by atoms with Crippen LogP contribution in [0.3, 0.4) is 0 Å². The number of anilines is 1. The zero-order valence-corrected chi connectivity index (χ0v) is 12.7. The van der Waals surface area contributed by atoms with Gasteiger partial charge in [-0.05, 0) is 25.2 Å². The Kier molecular flexibility index (Phi) is 6.90. The molecule has 3 N–H and O–H groups in total. The summed E-state index contributed by atoms with van der Waals surface area (Å²) in [5, 5.41) is 3.30. The molecular weight excluding hydrogens is 275 g/mol. The van der Waals surface area contributed by atoms with Crippen LogP contribution in [0.4, 0.5) is 14.9 Å². The first kappa shape index (κ1) is 17.2. The van der Waals surface area contributed by atoms with Gasteiger partial charge in [0.15, 0.2) is 0 Å². The fraction of sp³-hybridized carbons (Fsp3) is 0.500. The number of nitrogens with two attached hydrogens (primary N) is 1. The topological polar surface area (TPSA) is 70.8 Å². The number of likely N-dealkylation sites (N-methyl/N-ethyl adjacent to an activating group) is 1. The first-order chi connectivity index (χ1) is 10.0. The second-order valence-electron chi connectivity index (χ2n) is 4.41. The molecule has 0 aliphatic rings. The lowest BCUT2D eigenvalue weighted by Gasteiger charge is -2.21. The van der Waals surface area contributed by atoms with E-state index in [1.165, 1.54) is 25.2 Å². The predicted molar refractivity (Wildman–Crippen MR) is 80.8 cm³/mol. The van der Waals surface area contributed by atoms with E-state index in [0.29, 0.717) is 18.8 Å². The van der Waals surface area contributed by atoms with Crippen LogP contribution in [0.15, 0.2) is 18.2 Å². The first-order valence-corrected chi connectivity index (χ1v) is 6.94. The molecule has 0 aromatic heterocycles. The minimum absolute atomic E-state index is 0.244. The minimum Gasteiger partial charge on any atom is -0.490 e. The lowest BCUT2D eigenvalue weighted by Crippen LogP contribution is -2.43. The van der Waals surface area contributed by atoms with Crippen molar-refractivity contribution >= 4 is 11.7 Å². The van der Waals surface area contributed by atoms with Gasteiger partial charge < -0.3 is 15.0 Å². The molecule has 0 radical (unpaired) electrons. The Balaban J connectivity index is 2.80. The molecule has 0 fully saturated rings. The van der Waals surface area contributed by atoms with E-state index < -0.39 is 11.8 Å². The van der Waals surface area contributed by atoms with Gasteiger partial charge in [-0.25, -0.2) is 20.0 Å². The van der Waals surface area contributed by atoms with E-state index in [0.717, 1.165) is 18.1 Å². The molecule has 21 heavy (non-hydrogen) atoms. The number of rotatable bonds is 7. The fourth-order valence-electron chi connectivity index (χ4n) is 1.86. The molecule has 0 bridgehead atoms. The summed E-state index contributed by atoms with van der Waals surface area (Å²) in [6, 6.07) is 3.36. The molecule has 0 atom stereocenters. The highest BCUT2D eigenvalue weighted by Crippen LogP contribution is 2.27. The average Bonchev–Trinajstić information content (AvgIpc) is 2.50. The number of hydrogen-bond donors (Lipinski definition) is 2. The Hall–Kier alpha value is -1.86. The van der Waals surface area contributed by atoms with Crippen LogP contribution in [-0.2, 0) is 0 Å². The number of hydrazine groups is 1. The zero-order valence-electron chi connectivity index (χ0n) is 12.7. The zero-order chi connectivity index (χ0) is 15.8. The van der Waals surface area contributed by atoms with Crippen LogP contribution in [0.25, 0.3) is 0 Å². The van der Waals surface area contributed by atoms with E-state index in [1.54, 1.807) is 0 Å². The smallest absolute Gasteiger partial charge is 0.336 e. The van der Waals surface area contributed by atoms with Crippen LogP contribution in [0.2, 0.25) is 0 Å². The van der Waals surface area contributed by atoms with E-state index >= 15 is 0 Å². The molecular formula is C14H23FN4O2. The second kappa shape index (κ2) is 8.43. The summed E-state index contributed by atoms with van der Waals surface area (Å²) in [7, 11) is 1.46. The number of ether oxygens (including phenoxy) is 1. The van der Waals surface area contributed by atoms with Crippen molar-refractivity contribution in [2.45, 2.75) is 13.8 Å². The molecule has 0 saturated heterocycles. The van der Waals surface area contributed by atoms with Crippen molar-refractivity contribution in [1.29, 1.82) is 0 Å². The summed E-state index contributed by atoms with van der Waals surface area (Å²) in [6.45, 7) is 7.05. The van der Waals surface area contributed by atoms with Gasteiger partial charge in [-0.15, -0.1) is 0 Å². The van der Waals surface area contributed by atoms with Gasteiger partial charge in [-0.3, -0.25) is 0 Å². The molecule has 0 aliphatic carbocycles. The van der Waals surface area contributed by atoms with Gasteiger partial charge in [0.1, 0.15) is 23.9 Å². The number of benzene rings is 1. The Morgan fingerprint density at radius 3 is 2.62 bits per heavy atom. The van der Waals surface area contributed by atoms with Gasteiger partial charge in [0, 0.05) is 19.7 Å². The molecule has 1 aromatic carbocycles. The Labute approximate surface area is 124 Å². The van der Waals surface area contributed by atoms with Gasteiger partial charge in [-0.2, -0.15) is 0 Å². The number of amides is 2. The highest BCUT2D eigenvalue weighted by atomic mass is 19.1. The summed E-state index contributed by atoms with van der Waals surface area (Å²) in [4.78, 5) is 13.7. The molecule has 6 nitrogen and oxygen atoms in total. The van der Waals surface area contributed by atoms with E-state index in [1.807, 2.05) is 0 Å². The number of nitrogens with one attached hydrogen (secondary N) is 1. The summed E-state index contributed by atoms with van der Waals surface area (Å²) in [6.07, 6.45) is 0. The van der Waals surface area contributed by atoms with E-state index in [2.05, 4.69) is 24.1 Å². The normalized spacial score (nSPS) is 10.6. The van der Waals surface area contributed by atoms with Crippen molar-refractivity contribution in [2.75, 3.05) is 38.3 Å². The molecule has 7 heteroatoms. The predicted octanol–water partition coefficient (Wildman–Crippen LogP) is 1.57. The van der Waals surface area contributed by atoms with Crippen molar-refractivity contribution in [2.24, 2.45) is 5.84 Å². The van der Waals surface area contributed by atoms with Gasteiger partial charge >= 0.3 is 6.03 Å². The van der Waals surface area contributed by atoms with Crippen LogP contribution < -0.4 is 20.9 Å². The standard InChI is InChI=1S/C14H23FN4O2/c1-4-18(5-2)8-9-21-13-10-11(15)6-7-12(13)19(16)14(20)17-3/h6-7,10H,4-5,8-9,16H2,1-3H3,(H,17,20). The number of nitrogens with zero attached hydrogens (tertiary/aromatic N) is 2. The molecule has 0 saturated carbocycles. The molecule has 0 aliphatic heterocycles. The Morgan fingerprint density at radius 2 is 2.05 bits per heavy atom. The number of carbonyl (C=O) groups is 1. The average molecular weight is 298 g/mol. The van der Waals surface area contributed by atoms with Crippen LogP contribution in [0.5, 0.6) is 5.75 Å².